The van der Waals surface area contributed by atoms with Gasteiger partial charge in [-0.3, -0.25) is 13.9 Å². The smallest absolute Gasteiger partial charge is 0.264 e. The normalized spacial score (nSPS) is 11.8. The van der Waals surface area contributed by atoms with E-state index < -0.39 is 34.4 Å². The minimum atomic E-state index is -4.20. The number of sulfonamides is 1. The van der Waals surface area contributed by atoms with E-state index in [4.69, 9.17) is 16.3 Å². The van der Waals surface area contributed by atoms with Gasteiger partial charge in [0.25, 0.3) is 10.0 Å². The third-order valence-corrected chi connectivity index (χ3v) is 8.92. The third kappa shape index (κ3) is 7.29. The average molecular weight is 606 g/mol. The van der Waals surface area contributed by atoms with Crippen LogP contribution in [-0.2, 0) is 32.6 Å². The number of hydrogen-bond acceptors (Lipinski definition) is 5. The zero-order valence-corrected chi connectivity index (χ0v) is 24.9. The van der Waals surface area contributed by atoms with Crippen LogP contribution in [0.4, 0.5) is 5.69 Å². The number of nitrogens with one attached hydrogen (secondary N) is 1. The van der Waals surface area contributed by atoms with Gasteiger partial charge in [-0.2, -0.15) is 0 Å². The van der Waals surface area contributed by atoms with Crippen LogP contribution in [0.5, 0.6) is 5.75 Å². The highest BCUT2D eigenvalue weighted by atomic mass is 35.5. The number of halogens is 1. The van der Waals surface area contributed by atoms with E-state index in [1.165, 1.54) is 31.2 Å². The lowest BCUT2D eigenvalue weighted by Gasteiger charge is -2.33. The van der Waals surface area contributed by atoms with Crippen LogP contribution in [0.1, 0.15) is 11.1 Å². The fraction of sp³-hybridized carbons (Fsp3) is 0.188. The number of amides is 2. The molecule has 0 aliphatic rings. The highest BCUT2D eigenvalue weighted by Gasteiger charge is 2.34. The summed E-state index contributed by atoms with van der Waals surface area (Å²) in [6.45, 7) is -0.585. The summed E-state index contributed by atoms with van der Waals surface area (Å²) < 4.78 is 34.3. The predicted octanol–water partition coefficient (Wildman–Crippen LogP) is 4.93. The number of methoxy groups -OCH3 is 1. The Labute approximate surface area is 251 Å². The number of rotatable bonds is 12. The molecule has 0 spiro atoms. The third-order valence-electron chi connectivity index (χ3n) is 6.77. The van der Waals surface area contributed by atoms with E-state index in [0.717, 1.165) is 9.87 Å². The van der Waals surface area contributed by atoms with Crippen molar-refractivity contribution in [3.8, 4) is 5.75 Å². The Kier molecular flexibility index (Phi) is 10.2. The maximum absolute atomic E-state index is 14.3. The highest BCUT2D eigenvalue weighted by Crippen LogP contribution is 2.28. The number of carbonyl (C=O) groups excluding carboxylic acids is 2. The zero-order valence-electron chi connectivity index (χ0n) is 23.3. The van der Waals surface area contributed by atoms with Gasteiger partial charge in [0, 0.05) is 31.1 Å². The van der Waals surface area contributed by atoms with Gasteiger partial charge in [0.05, 0.1) is 17.7 Å². The average Bonchev–Trinajstić information content (AvgIpc) is 3.02. The van der Waals surface area contributed by atoms with Crippen LogP contribution < -0.4 is 14.4 Å². The summed E-state index contributed by atoms with van der Waals surface area (Å²) >= 11 is 6.48. The molecular weight excluding hydrogens is 574 g/mol. The second-order valence-corrected chi connectivity index (χ2v) is 11.7. The van der Waals surface area contributed by atoms with Gasteiger partial charge in [0.1, 0.15) is 18.3 Å². The molecule has 4 rings (SSSR count). The van der Waals surface area contributed by atoms with Crippen molar-refractivity contribution in [1.29, 1.82) is 0 Å². The van der Waals surface area contributed by atoms with Crippen LogP contribution in [-0.4, -0.2) is 51.9 Å². The van der Waals surface area contributed by atoms with Crippen molar-refractivity contribution < 1.29 is 22.7 Å². The van der Waals surface area contributed by atoms with Gasteiger partial charge >= 0.3 is 0 Å². The molecular formula is C32H32ClN3O5S. The number of benzene rings is 4. The van der Waals surface area contributed by atoms with Crippen LogP contribution in [0.2, 0.25) is 5.02 Å². The summed E-state index contributed by atoms with van der Waals surface area (Å²) in [5.41, 5.74) is 1.70. The van der Waals surface area contributed by atoms with Crippen LogP contribution in [0.3, 0.4) is 0 Å². The Bertz CT molecular complexity index is 1620. The van der Waals surface area contributed by atoms with E-state index in [9.17, 15) is 18.0 Å². The summed E-state index contributed by atoms with van der Waals surface area (Å²) in [4.78, 5) is 29.0. The second-order valence-electron chi connectivity index (χ2n) is 9.46. The molecule has 1 atom stereocenters. The Balaban J connectivity index is 1.80. The molecule has 0 saturated heterocycles. The molecule has 4 aromatic carbocycles. The van der Waals surface area contributed by atoms with Crippen molar-refractivity contribution >= 4 is 39.1 Å². The van der Waals surface area contributed by atoms with E-state index >= 15 is 0 Å². The quantitative estimate of drug-likeness (QED) is 0.247. The lowest BCUT2D eigenvalue weighted by Crippen LogP contribution is -2.53. The Morgan fingerprint density at radius 2 is 1.52 bits per heavy atom. The maximum Gasteiger partial charge on any atom is 0.264 e. The molecule has 0 bridgehead atoms. The molecule has 2 amide bonds. The first kappa shape index (κ1) is 30.6. The number of hydrogen-bond donors (Lipinski definition) is 1. The van der Waals surface area contributed by atoms with E-state index in [2.05, 4.69) is 5.32 Å². The van der Waals surface area contributed by atoms with Crippen molar-refractivity contribution in [2.24, 2.45) is 0 Å². The lowest BCUT2D eigenvalue weighted by atomic mass is 10.0. The van der Waals surface area contributed by atoms with Crippen LogP contribution in [0.25, 0.3) is 0 Å². The molecule has 1 N–H and O–H groups in total. The molecule has 218 valence electrons. The zero-order chi connectivity index (χ0) is 30.1. The van der Waals surface area contributed by atoms with E-state index in [0.29, 0.717) is 16.3 Å². The molecule has 0 saturated carbocycles. The van der Waals surface area contributed by atoms with Crippen molar-refractivity contribution in [2.75, 3.05) is 25.0 Å². The van der Waals surface area contributed by atoms with E-state index in [1.54, 1.807) is 66.7 Å². The van der Waals surface area contributed by atoms with E-state index in [-0.39, 0.29) is 23.5 Å². The number of nitrogens with zero attached hydrogens (tertiary/aromatic N) is 2. The SMILES string of the molecule is CNC(=O)[C@H](Cc1ccccc1)N(Cc1ccccc1Cl)C(=O)CN(c1cccc(OC)c1)S(=O)(=O)c1ccccc1. The minimum absolute atomic E-state index is 0.0131. The summed E-state index contributed by atoms with van der Waals surface area (Å²) in [5, 5.41) is 3.09. The number of likely N-dealkylation sites (N-methyl/N-ethyl adjacent to an activating group) is 1. The monoisotopic (exact) mass is 605 g/mol. The number of ether oxygens (including phenoxy) is 1. The molecule has 42 heavy (non-hydrogen) atoms. The molecule has 0 aromatic heterocycles. The minimum Gasteiger partial charge on any atom is -0.497 e. The van der Waals surface area contributed by atoms with Gasteiger partial charge in [-0.25, -0.2) is 8.42 Å². The standard InChI is InChI=1S/C32H32ClN3O5S/c1-34-32(38)30(20-24-12-5-3-6-13-24)35(22-25-14-9-10-19-29(25)33)31(37)23-36(26-15-11-16-27(21-26)41-2)42(39,40)28-17-7-4-8-18-28/h3-19,21,30H,20,22-23H2,1-2H3,(H,34,38)/t30-/m0/s1. The summed E-state index contributed by atoms with van der Waals surface area (Å²) in [7, 11) is -1.22. The molecule has 0 fully saturated rings. The molecule has 4 aromatic rings. The first-order valence-corrected chi connectivity index (χ1v) is 15.1. The number of anilines is 1. The summed E-state index contributed by atoms with van der Waals surface area (Å²) in [6, 6.07) is 29.8. The van der Waals surface area contributed by atoms with Crippen LogP contribution in [0.15, 0.2) is 114 Å². The molecule has 10 heteroatoms. The molecule has 0 aliphatic carbocycles. The Morgan fingerprint density at radius 3 is 2.17 bits per heavy atom. The van der Waals surface area contributed by atoms with Gasteiger partial charge in [0.2, 0.25) is 11.8 Å². The van der Waals surface area contributed by atoms with Crippen molar-refractivity contribution in [1.82, 2.24) is 10.2 Å². The molecule has 0 radical (unpaired) electrons. The molecule has 0 heterocycles. The molecule has 0 unspecified atom stereocenters. The van der Waals surface area contributed by atoms with Gasteiger partial charge in [-0.1, -0.05) is 84.4 Å². The largest absolute Gasteiger partial charge is 0.497 e. The fourth-order valence-electron chi connectivity index (χ4n) is 4.54. The van der Waals surface area contributed by atoms with Crippen LogP contribution >= 0.6 is 11.6 Å². The lowest BCUT2D eigenvalue weighted by molar-refractivity contribution is -0.139. The molecule has 8 nitrogen and oxygen atoms in total. The summed E-state index contributed by atoms with van der Waals surface area (Å²) in [5.74, 6) is -0.548. The number of carbonyl (C=O) groups is 2. The highest BCUT2D eigenvalue weighted by molar-refractivity contribution is 7.92. The fourth-order valence-corrected chi connectivity index (χ4v) is 6.17. The van der Waals surface area contributed by atoms with Crippen molar-refractivity contribution in [2.45, 2.75) is 23.9 Å². The Morgan fingerprint density at radius 1 is 0.881 bits per heavy atom. The first-order valence-electron chi connectivity index (χ1n) is 13.2. The molecule has 0 aliphatic heterocycles. The van der Waals surface area contributed by atoms with Gasteiger partial charge in [-0.15, -0.1) is 0 Å². The van der Waals surface area contributed by atoms with Crippen molar-refractivity contribution in [3.63, 3.8) is 0 Å². The first-order chi connectivity index (χ1) is 20.2. The topological polar surface area (TPSA) is 96.0 Å². The maximum atomic E-state index is 14.3. The summed E-state index contributed by atoms with van der Waals surface area (Å²) in [6.07, 6.45) is 0.210. The van der Waals surface area contributed by atoms with Crippen LogP contribution in [0, 0.1) is 0 Å². The van der Waals surface area contributed by atoms with Gasteiger partial charge in [-0.05, 0) is 41.5 Å². The Hall–Kier alpha value is -4.34. The van der Waals surface area contributed by atoms with Gasteiger partial charge in [0.15, 0.2) is 0 Å². The van der Waals surface area contributed by atoms with E-state index in [1.807, 2.05) is 30.3 Å². The predicted molar refractivity (Wildman–Crippen MR) is 164 cm³/mol. The van der Waals surface area contributed by atoms with Crippen molar-refractivity contribution in [3.05, 3.63) is 125 Å². The van der Waals surface area contributed by atoms with Gasteiger partial charge < -0.3 is 15.0 Å². The second kappa shape index (κ2) is 14.0.